The average Bonchev–Trinajstić information content (AvgIpc) is 2.78. The number of alkyl halides is 3. The van der Waals surface area contributed by atoms with Crippen LogP contribution in [-0.4, -0.2) is 47.8 Å². The number of rotatable bonds is 2. The normalized spacial score (nSPS) is 22.0. The van der Waals surface area contributed by atoms with Crippen LogP contribution in [0, 0.1) is 0 Å². The minimum absolute atomic E-state index is 0.0529. The molecule has 1 fully saturated rings. The third-order valence-electron chi connectivity index (χ3n) is 4.72. The monoisotopic (exact) mass is 328 g/mol. The highest BCUT2D eigenvalue weighted by atomic mass is 19.4. The van der Waals surface area contributed by atoms with Crippen LogP contribution in [-0.2, 0) is 6.18 Å². The molecule has 23 heavy (non-hydrogen) atoms. The van der Waals surface area contributed by atoms with Crippen molar-refractivity contribution in [2.45, 2.75) is 52.1 Å². The Kier molecular flexibility index (Phi) is 3.94. The zero-order valence-corrected chi connectivity index (χ0v) is 13.9. The Balaban J connectivity index is 2.00. The van der Waals surface area contributed by atoms with E-state index in [0.29, 0.717) is 17.5 Å². The Morgan fingerprint density at radius 2 is 1.83 bits per heavy atom. The van der Waals surface area contributed by atoms with Gasteiger partial charge in [-0.15, -0.1) is 0 Å². The summed E-state index contributed by atoms with van der Waals surface area (Å²) in [6.45, 7) is 10.8. The highest BCUT2D eigenvalue weighted by Crippen LogP contribution is 2.43. The van der Waals surface area contributed by atoms with Crippen molar-refractivity contribution in [1.29, 1.82) is 0 Å². The van der Waals surface area contributed by atoms with Gasteiger partial charge in [-0.05, 0) is 33.8 Å². The summed E-state index contributed by atoms with van der Waals surface area (Å²) >= 11 is 0. The molecule has 3 heterocycles. The minimum Gasteiger partial charge on any atom is -0.345 e. The molecule has 2 aliphatic rings. The van der Waals surface area contributed by atoms with Crippen LogP contribution in [0.4, 0.5) is 24.7 Å². The van der Waals surface area contributed by atoms with Gasteiger partial charge >= 0.3 is 6.18 Å². The number of fused-ring (bicyclic) bond motifs is 3. The van der Waals surface area contributed by atoms with Crippen molar-refractivity contribution < 1.29 is 13.2 Å². The summed E-state index contributed by atoms with van der Waals surface area (Å²) in [6.07, 6.45) is -3.36. The molecule has 0 bridgehead atoms. The molecular formula is C16H23F3N4. The van der Waals surface area contributed by atoms with Crippen LogP contribution in [0.2, 0.25) is 0 Å². The fourth-order valence-electron chi connectivity index (χ4n) is 3.53. The first-order chi connectivity index (χ1) is 10.7. The molecule has 0 amide bonds. The molecule has 0 radical (unpaired) electrons. The lowest BCUT2D eigenvalue weighted by Crippen LogP contribution is -2.60. The van der Waals surface area contributed by atoms with Gasteiger partial charge in [0.25, 0.3) is 0 Å². The van der Waals surface area contributed by atoms with E-state index in [1.165, 1.54) is 6.07 Å². The molecule has 0 spiro atoms. The van der Waals surface area contributed by atoms with Gasteiger partial charge in [-0.3, -0.25) is 4.90 Å². The average molecular weight is 328 g/mol. The SMILES string of the molecule is CC(C)N1CCN2c3ncc(C(F)(F)F)cc3N(C(C)C)C2C1. The number of halogens is 3. The molecule has 0 aromatic carbocycles. The number of nitrogens with zero attached hydrogens (tertiary/aromatic N) is 4. The van der Waals surface area contributed by atoms with E-state index < -0.39 is 11.7 Å². The van der Waals surface area contributed by atoms with Gasteiger partial charge in [0, 0.05) is 37.9 Å². The van der Waals surface area contributed by atoms with Crippen molar-refractivity contribution in [3.63, 3.8) is 0 Å². The fraction of sp³-hybridized carbons (Fsp3) is 0.688. The van der Waals surface area contributed by atoms with Gasteiger partial charge in [-0.1, -0.05) is 0 Å². The first kappa shape index (κ1) is 16.4. The molecule has 0 aliphatic carbocycles. The van der Waals surface area contributed by atoms with Crippen molar-refractivity contribution in [2.75, 3.05) is 29.4 Å². The summed E-state index contributed by atoms with van der Waals surface area (Å²) in [4.78, 5) is 10.7. The smallest absolute Gasteiger partial charge is 0.345 e. The number of pyridine rings is 1. The molecule has 7 heteroatoms. The molecular weight excluding hydrogens is 305 g/mol. The Morgan fingerprint density at radius 3 is 2.39 bits per heavy atom. The van der Waals surface area contributed by atoms with Crippen molar-refractivity contribution in [1.82, 2.24) is 9.88 Å². The topological polar surface area (TPSA) is 22.6 Å². The van der Waals surface area contributed by atoms with Gasteiger partial charge in [-0.2, -0.15) is 13.2 Å². The van der Waals surface area contributed by atoms with E-state index in [9.17, 15) is 13.2 Å². The maximum atomic E-state index is 13.0. The van der Waals surface area contributed by atoms with Crippen molar-refractivity contribution >= 4 is 11.5 Å². The molecule has 1 saturated heterocycles. The third kappa shape index (κ3) is 2.75. The lowest BCUT2D eigenvalue weighted by atomic mass is 10.2. The molecule has 1 unspecified atom stereocenters. The fourth-order valence-corrected chi connectivity index (χ4v) is 3.53. The first-order valence-electron chi connectivity index (χ1n) is 8.06. The molecule has 1 atom stereocenters. The van der Waals surface area contributed by atoms with Gasteiger partial charge in [-0.25, -0.2) is 4.98 Å². The molecule has 1 aromatic rings. The zero-order chi connectivity index (χ0) is 16.9. The van der Waals surface area contributed by atoms with E-state index in [4.69, 9.17) is 0 Å². The van der Waals surface area contributed by atoms with Gasteiger partial charge in [0.15, 0.2) is 5.82 Å². The second-order valence-electron chi connectivity index (χ2n) is 6.83. The van der Waals surface area contributed by atoms with Crippen LogP contribution in [0.25, 0.3) is 0 Å². The van der Waals surface area contributed by atoms with E-state index in [2.05, 4.69) is 33.5 Å². The van der Waals surface area contributed by atoms with Gasteiger partial charge in [0.1, 0.15) is 6.17 Å². The standard InChI is InChI=1S/C16H23F3N4/c1-10(2)21-5-6-22-14(9-21)23(11(3)4)13-7-12(16(17,18)19)8-20-15(13)22/h7-8,10-11,14H,5-6,9H2,1-4H3. The van der Waals surface area contributed by atoms with Crippen LogP contribution in [0.1, 0.15) is 33.3 Å². The van der Waals surface area contributed by atoms with Gasteiger partial charge < -0.3 is 9.80 Å². The second kappa shape index (κ2) is 5.54. The minimum atomic E-state index is -4.36. The first-order valence-corrected chi connectivity index (χ1v) is 8.06. The molecule has 3 rings (SSSR count). The quantitative estimate of drug-likeness (QED) is 0.831. The van der Waals surface area contributed by atoms with E-state index in [0.717, 1.165) is 25.8 Å². The van der Waals surface area contributed by atoms with Crippen LogP contribution < -0.4 is 9.80 Å². The van der Waals surface area contributed by atoms with E-state index >= 15 is 0 Å². The van der Waals surface area contributed by atoms with Gasteiger partial charge in [0.05, 0.1) is 11.3 Å². The van der Waals surface area contributed by atoms with Crippen molar-refractivity contribution in [3.8, 4) is 0 Å². The van der Waals surface area contributed by atoms with E-state index in [1.807, 2.05) is 13.8 Å². The lowest BCUT2D eigenvalue weighted by molar-refractivity contribution is -0.137. The van der Waals surface area contributed by atoms with Crippen LogP contribution >= 0.6 is 0 Å². The highest BCUT2D eigenvalue weighted by molar-refractivity contribution is 5.75. The van der Waals surface area contributed by atoms with Crippen LogP contribution in [0.3, 0.4) is 0 Å². The predicted molar refractivity (Wildman–Crippen MR) is 84.7 cm³/mol. The number of hydrogen-bond donors (Lipinski definition) is 0. The molecule has 0 N–H and O–H groups in total. The number of aromatic nitrogens is 1. The Labute approximate surface area is 134 Å². The van der Waals surface area contributed by atoms with Crippen molar-refractivity contribution in [2.24, 2.45) is 0 Å². The summed E-state index contributed by atoms with van der Waals surface area (Å²) < 4.78 is 39.1. The lowest BCUT2D eigenvalue weighted by Gasteiger charge is -2.44. The number of hydrogen-bond acceptors (Lipinski definition) is 4. The Hall–Kier alpha value is -1.50. The summed E-state index contributed by atoms with van der Waals surface area (Å²) in [5, 5.41) is 0. The molecule has 1 aromatic heterocycles. The molecule has 128 valence electrons. The maximum Gasteiger partial charge on any atom is 0.417 e. The van der Waals surface area contributed by atoms with E-state index in [-0.39, 0.29) is 12.2 Å². The van der Waals surface area contributed by atoms with Crippen LogP contribution in [0.15, 0.2) is 12.3 Å². The summed E-state index contributed by atoms with van der Waals surface area (Å²) in [5.74, 6) is 0.681. The summed E-state index contributed by atoms with van der Waals surface area (Å²) in [6, 6.07) is 1.79. The maximum absolute atomic E-state index is 13.0. The second-order valence-corrected chi connectivity index (χ2v) is 6.83. The summed E-state index contributed by atoms with van der Waals surface area (Å²) in [5.41, 5.74) is -0.0760. The molecule has 0 saturated carbocycles. The predicted octanol–water partition coefficient (Wildman–Crippen LogP) is 3.19. The number of anilines is 2. The Bertz CT molecular complexity index is 585. The molecule has 4 nitrogen and oxygen atoms in total. The molecule has 2 aliphatic heterocycles. The van der Waals surface area contributed by atoms with Crippen molar-refractivity contribution in [3.05, 3.63) is 17.8 Å². The van der Waals surface area contributed by atoms with Crippen LogP contribution in [0.5, 0.6) is 0 Å². The van der Waals surface area contributed by atoms with E-state index in [1.54, 1.807) is 0 Å². The Morgan fingerprint density at radius 1 is 1.13 bits per heavy atom. The third-order valence-corrected chi connectivity index (χ3v) is 4.72. The summed E-state index contributed by atoms with van der Waals surface area (Å²) in [7, 11) is 0. The number of piperazine rings is 1. The van der Waals surface area contributed by atoms with Gasteiger partial charge in [0.2, 0.25) is 0 Å². The zero-order valence-electron chi connectivity index (χ0n) is 13.9. The largest absolute Gasteiger partial charge is 0.417 e. The highest BCUT2D eigenvalue weighted by Gasteiger charge is 2.43.